The fraction of sp³-hybridized carbons (Fsp3) is 0.765. The first-order valence-electron chi connectivity index (χ1n) is 8.49. The number of aromatic nitrogens is 2. The molecule has 0 unspecified atom stereocenters. The predicted molar refractivity (Wildman–Crippen MR) is 82.9 cm³/mol. The SMILES string of the molecule is CCCCCC1COC(c2cnc(CCCC)nc2F)OC1. The number of halogens is 1. The normalized spacial score (nSPS) is 22.0. The molecule has 1 aliphatic heterocycles. The number of unbranched alkanes of at least 4 members (excludes halogenated alkanes) is 3. The molecule has 124 valence electrons. The second-order valence-electron chi connectivity index (χ2n) is 6.00. The number of hydrogen-bond donors (Lipinski definition) is 0. The summed E-state index contributed by atoms with van der Waals surface area (Å²) >= 11 is 0. The topological polar surface area (TPSA) is 44.2 Å². The highest BCUT2D eigenvalue weighted by Crippen LogP contribution is 2.28. The van der Waals surface area contributed by atoms with E-state index in [0.717, 1.165) is 19.3 Å². The van der Waals surface area contributed by atoms with E-state index in [1.54, 1.807) is 0 Å². The Morgan fingerprint density at radius 3 is 2.50 bits per heavy atom. The molecule has 0 atom stereocenters. The second kappa shape index (κ2) is 9.16. The van der Waals surface area contributed by atoms with Crippen molar-refractivity contribution in [1.29, 1.82) is 0 Å². The summed E-state index contributed by atoms with van der Waals surface area (Å²) in [5, 5.41) is 0. The Bertz CT molecular complexity index is 448. The third-order valence-corrected chi connectivity index (χ3v) is 4.01. The Labute approximate surface area is 132 Å². The van der Waals surface area contributed by atoms with Crippen LogP contribution in [0, 0.1) is 11.9 Å². The molecule has 2 heterocycles. The van der Waals surface area contributed by atoms with Crippen molar-refractivity contribution in [1.82, 2.24) is 9.97 Å². The smallest absolute Gasteiger partial charge is 0.224 e. The Balaban J connectivity index is 1.85. The summed E-state index contributed by atoms with van der Waals surface area (Å²) in [4.78, 5) is 8.15. The van der Waals surface area contributed by atoms with Gasteiger partial charge in [0.25, 0.3) is 0 Å². The lowest BCUT2D eigenvalue weighted by molar-refractivity contribution is -0.207. The van der Waals surface area contributed by atoms with Crippen LogP contribution in [0.2, 0.25) is 0 Å². The van der Waals surface area contributed by atoms with Gasteiger partial charge in [-0.3, -0.25) is 0 Å². The maximum absolute atomic E-state index is 14.1. The lowest BCUT2D eigenvalue weighted by Gasteiger charge is -2.29. The Morgan fingerprint density at radius 2 is 1.86 bits per heavy atom. The number of rotatable bonds is 8. The van der Waals surface area contributed by atoms with E-state index < -0.39 is 12.2 Å². The van der Waals surface area contributed by atoms with Gasteiger partial charge in [0, 0.05) is 18.5 Å². The monoisotopic (exact) mass is 310 g/mol. The standard InChI is InChI=1S/C17H27FN2O2/c1-3-5-7-8-13-11-21-17(22-12-13)14-10-19-15(9-6-4-2)20-16(14)18/h10,13,17H,3-9,11-12H2,1-2H3. The van der Waals surface area contributed by atoms with Crippen molar-refractivity contribution in [2.75, 3.05) is 13.2 Å². The summed E-state index contributed by atoms with van der Waals surface area (Å²) in [6.07, 6.45) is 8.32. The number of nitrogens with zero attached hydrogens (tertiary/aromatic N) is 2. The lowest BCUT2D eigenvalue weighted by atomic mass is 10.0. The van der Waals surface area contributed by atoms with Gasteiger partial charge >= 0.3 is 0 Å². The van der Waals surface area contributed by atoms with E-state index >= 15 is 0 Å². The van der Waals surface area contributed by atoms with Crippen molar-refractivity contribution >= 4 is 0 Å². The molecule has 1 aromatic heterocycles. The van der Waals surface area contributed by atoms with Crippen molar-refractivity contribution in [3.05, 3.63) is 23.5 Å². The largest absolute Gasteiger partial charge is 0.348 e. The van der Waals surface area contributed by atoms with E-state index in [9.17, 15) is 4.39 Å². The molecule has 1 aliphatic rings. The van der Waals surface area contributed by atoms with Crippen molar-refractivity contribution in [2.45, 2.75) is 65.1 Å². The van der Waals surface area contributed by atoms with Crippen LogP contribution in [0.25, 0.3) is 0 Å². The summed E-state index contributed by atoms with van der Waals surface area (Å²) in [5.74, 6) is 0.447. The molecule has 1 saturated heterocycles. The van der Waals surface area contributed by atoms with E-state index in [0.29, 0.717) is 36.9 Å². The van der Waals surface area contributed by atoms with Crippen LogP contribution in [0.3, 0.4) is 0 Å². The molecule has 4 nitrogen and oxygen atoms in total. The van der Waals surface area contributed by atoms with Crippen LogP contribution in [-0.4, -0.2) is 23.2 Å². The molecule has 0 bridgehead atoms. The quantitative estimate of drug-likeness (QED) is 0.533. The molecule has 2 rings (SSSR count). The fourth-order valence-corrected chi connectivity index (χ4v) is 2.59. The minimum absolute atomic E-state index is 0.312. The maximum Gasteiger partial charge on any atom is 0.224 e. The zero-order chi connectivity index (χ0) is 15.8. The van der Waals surface area contributed by atoms with Crippen LogP contribution in [0.4, 0.5) is 4.39 Å². The van der Waals surface area contributed by atoms with Gasteiger partial charge in [0.1, 0.15) is 5.82 Å². The predicted octanol–water partition coefficient (Wildman–Crippen LogP) is 4.20. The van der Waals surface area contributed by atoms with Crippen LogP contribution in [-0.2, 0) is 15.9 Å². The lowest BCUT2D eigenvalue weighted by Crippen LogP contribution is -2.28. The highest BCUT2D eigenvalue weighted by molar-refractivity contribution is 5.10. The van der Waals surface area contributed by atoms with Gasteiger partial charge in [0.05, 0.1) is 18.8 Å². The van der Waals surface area contributed by atoms with E-state index in [1.165, 1.54) is 25.5 Å². The molecule has 0 amide bonds. The molecule has 0 spiro atoms. The van der Waals surface area contributed by atoms with Gasteiger partial charge in [-0.15, -0.1) is 0 Å². The molecule has 5 heteroatoms. The second-order valence-corrected chi connectivity index (χ2v) is 6.00. The average Bonchev–Trinajstić information content (AvgIpc) is 2.54. The van der Waals surface area contributed by atoms with E-state index in [2.05, 4.69) is 23.8 Å². The van der Waals surface area contributed by atoms with Crippen LogP contribution >= 0.6 is 0 Å². The van der Waals surface area contributed by atoms with Gasteiger partial charge in [-0.25, -0.2) is 9.97 Å². The molecule has 0 saturated carbocycles. The summed E-state index contributed by atoms with van der Waals surface area (Å²) in [7, 11) is 0. The molecule has 1 aromatic rings. The van der Waals surface area contributed by atoms with Gasteiger partial charge in [0.2, 0.25) is 5.95 Å². The first kappa shape index (κ1) is 17.3. The minimum Gasteiger partial charge on any atom is -0.348 e. The van der Waals surface area contributed by atoms with E-state index in [1.807, 2.05) is 0 Å². The number of ether oxygens (including phenoxy) is 2. The first-order valence-corrected chi connectivity index (χ1v) is 8.49. The fourth-order valence-electron chi connectivity index (χ4n) is 2.59. The van der Waals surface area contributed by atoms with Gasteiger partial charge in [0.15, 0.2) is 6.29 Å². The molecular formula is C17H27FN2O2. The van der Waals surface area contributed by atoms with Crippen molar-refractivity contribution in [2.24, 2.45) is 5.92 Å². The van der Waals surface area contributed by atoms with Gasteiger partial charge in [-0.05, 0) is 12.8 Å². The molecule has 1 fully saturated rings. The molecule has 0 N–H and O–H groups in total. The minimum atomic E-state index is -0.664. The van der Waals surface area contributed by atoms with Crippen LogP contribution in [0.15, 0.2) is 6.20 Å². The van der Waals surface area contributed by atoms with Gasteiger partial charge < -0.3 is 9.47 Å². The van der Waals surface area contributed by atoms with Crippen molar-refractivity contribution < 1.29 is 13.9 Å². The van der Waals surface area contributed by atoms with E-state index in [4.69, 9.17) is 9.47 Å². The summed E-state index contributed by atoms with van der Waals surface area (Å²) in [5.41, 5.74) is 0.312. The number of aryl methyl sites for hydroxylation is 1. The molecule has 0 aliphatic carbocycles. The molecule has 0 aromatic carbocycles. The first-order chi connectivity index (χ1) is 10.7. The molecule has 0 radical (unpaired) electrons. The maximum atomic E-state index is 14.1. The third kappa shape index (κ3) is 4.99. The van der Waals surface area contributed by atoms with Crippen LogP contribution < -0.4 is 0 Å². The van der Waals surface area contributed by atoms with E-state index in [-0.39, 0.29) is 0 Å². The van der Waals surface area contributed by atoms with Crippen molar-refractivity contribution in [3.8, 4) is 0 Å². The van der Waals surface area contributed by atoms with Crippen LogP contribution in [0.1, 0.15) is 70.1 Å². The van der Waals surface area contributed by atoms with Crippen molar-refractivity contribution in [3.63, 3.8) is 0 Å². The Kier molecular flexibility index (Phi) is 7.19. The highest BCUT2D eigenvalue weighted by Gasteiger charge is 2.26. The zero-order valence-electron chi connectivity index (χ0n) is 13.7. The average molecular weight is 310 g/mol. The number of hydrogen-bond acceptors (Lipinski definition) is 4. The highest BCUT2D eigenvalue weighted by atomic mass is 19.1. The third-order valence-electron chi connectivity index (χ3n) is 4.01. The summed E-state index contributed by atoms with van der Waals surface area (Å²) in [6, 6.07) is 0. The van der Waals surface area contributed by atoms with Crippen LogP contribution in [0.5, 0.6) is 0 Å². The van der Waals surface area contributed by atoms with Gasteiger partial charge in [-0.1, -0.05) is 39.5 Å². The zero-order valence-corrected chi connectivity index (χ0v) is 13.7. The molecule has 22 heavy (non-hydrogen) atoms. The van der Waals surface area contributed by atoms with Gasteiger partial charge in [-0.2, -0.15) is 4.39 Å². The summed E-state index contributed by atoms with van der Waals surface area (Å²) < 4.78 is 25.4. The Morgan fingerprint density at radius 1 is 1.14 bits per heavy atom. The molecular weight excluding hydrogens is 283 g/mol. The Hall–Kier alpha value is -1.07. The summed E-state index contributed by atoms with van der Waals surface area (Å²) in [6.45, 7) is 5.51.